The summed E-state index contributed by atoms with van der Waals surface area (Å²) >= 11 is 0. The summed E-state index contributed by atoms with van der Waals surface area (Å²) in [5.41, 5.74) is 11.0. The molecule has 8 N–H and O–H groups in total. The zero-order valence-corrected chi connectivity index (χ0v) is 37.8. The third kappa shape index (κ3) is 32.0. The predicted octanol–water partition coefficient (Wildman–Crippen LogP) is 6.43. The number of carbonyl (C=O) groups is 3. The number of hydrogen-bond acceptors (Lipinski definition) is 13. The Morgan fingerprint density at radius 2 is 1.43 bits per heavy atom. The average molecular weight is 844 g/mol. The molecule has 1 rings (SSSR count). The Balaban J connectivity index is 0.00000464. The number of nitrogens with zero attached hydrogens (tertiary/aromatic N) is 1. The second-order valence-electron chi connectivity index (χ2n) is 13.5. The van der Waals surface area contributed by atoms with Crippen molar-refractivity contribution in [2.24, 2.45) is 23.3 Å². The molecule has 0 aliphatic carbocycles. The maximum absolute atomic E-state index is 13.2. The van der Waals surface area contributed by atoms with Crippen LogP contribution in [-0.4, -0.2) is 94.5 Å². The van der Waals surface area contributed by atoms with Gasteiger partial charge in [-0.3, -0.25) is 14.4 Å². The molecule has 1 aromatic rings. The molecule has 296 valence electrons. The quantitative estimate of drug-likeness (QED) is 0.0311. The molecule has 0 saturated carbocycles. The van der Waals surface area contributed by atoms with E-state index in [0.29, 0.717) is 63.8 Å². The van der Waals surface area contributed by atoms with Crippen molar-refractivity contribution in [3.63, 3.8) is 0 Å². The highest BCUT2D eigenvalue weighted by Gasteiger charge is 2.23. The van der Waals surface area contributed by atoms with Gasteiger partial charge in [-0.25, -0.2) is 4.98 Å². The van der Waals surface area contributed by atoms with Crippen molar-refractivity contribution >= 4 is 91.7 Å². The zero-order chi connectivity index (χ0) is 38.5. The van der Waals surface area contributed by atoms with Crippen molar-refractivity contribution < 1.29 is 14.4 Å². The van der Waals surface area contributed by atoms with E-state index in [4.69, 9.17) is 11.5 Å². The lowest BCUT2D eigenvalue weighted by atomic mass is 10.1. The smallest absolute Gasteiger partial charge is 0.237 e. The van der Waals surface area contributed by atoms with E-state index in [1.54, 1.807) is 71.0 Å². The molecule has 51 heavy (non-hydrogen) atoms. The molecule has 0 aliphatic heterocycles. The Bertz CT molecular complexity index is 1060. The van der Waals surface area contributed by atoms with E-state index < -0.39 is 0 Å². The van der Waals surface area contributed by atoms with Crippen LogP contribution in [0.1, 0.15) is 80.6 Å². The SMILES string of the molecule is CC(C)CCC(=O)NCCSSCCNC(=O)CCNC(CCSSC(C)(P)CN)C(=O)NCCC(C)(C)SSc1ccccn1.CC(C)CN. The van der Waals surface area contributed by atoms with Crippen LogP contribution in [0, 0.1) is 11.8 Å². The van der Waals surface area contributed by atoms with Gasteiger partial charge in [-0.1, -0.05) is 87.7 Å². The molecule has 3 amide bonds. The highest BCUT2D eigenvalue weighted by molar-refractivity contribution is 8.78. The minimum atomic E-state index is -0.383. The topological polar surface area (TPSA) is 164 Å². The van der Waals surface area contributed by atoms with Crippen molar-refractivity contribution in [3.8, 4) is 0 Å². The summed E-state index contributed by atoms with van der Waals surface area (Å²) in [7, 11) is 13.0. The van der Waals surface area contributed by atoms with Crippen molar-refractivity contribution in [2.75, 3.05) is 56.5 Å². The van der Waals surface area contributed by atoms with Crippen LogP contribution in [-0.2, 0) is 14.4 Å². The van der Waals surface area contributed by atoms with Crippen molar-refractivity contribution in [1.29, 1.82) is 0 Å². The number of pyridine rings is 1. The van der Waals surface area contributed by atoms with Crippen LogP contribution in [0.15, 0.2) is 29.4 Å². The zero-order valence-electron chi connectivity index (χ0n) is 31.8. The Morgan fingerprint density at radius 3 is 1.98 bits per heavy atom. The average Bonchev–Trinajstić information content (AvgIpc) is 3.09. The lowest BCUT2D eigenvalue weighted by molar-refractivity contribution is -0.124. The van der Waals surface area contributed by atoms with Gasteiger partial charge >= 0.3 is 0 Å². The normalized spacial score (nSPS) is 13.3. The first-order valence-electron chi connectivity index (χ1n) is 17.7. The molecule has 3 atom stereocenters. The summed E-state index contributed by atoms with van der Waals surface area (Å²) in [5, 5.41) is 13.3. The number of amides is 3. The van der Waals surface area contributed by atoms with E-state index in [0.717, 1.165) is 41.7 Å². The molecule has 1 aromatic heterocycles. The van der Waals surface area contributed by atoms with Crippen molar-refractivity contribution in [2.45, 2.75) is 101 Å². The fraction of sp³-hybridized carbons (Fsp3) is 0.765. The third-order valence-electron chi connectivity index (χ3n) is 6.74. The monoisotopic (exact) mass is 843 g/mol. The summed E-state index contributed by atoms with van der Waals surface area (Å²) in [6.45, 7) is 18.4. The van der Waals surface area contributed by atoms with Gasteiger partial charge in [-0.15, -0.1) is 9.24 Å². The molecular formula is C34H66N7O3PS6. The summed E-state index contributed by atoms with van der Waals surface area (Å²) < 4.78 is -0.154. The number of nitrogens with one attached hydrogen (secondary N) is 4. The molecule has 17 heteroatoms. The highest BCUT2D eigenvalue weighted by Crippen LogP contribution is 2.41. The Labute approximate surface area is 335 Å². The molecule has 3 unspecified atom stereocenters. The van der Waals surface area contributed by atoms with Gasteiger partial charge in [-0.2, -0.15) is 0 Å². The number of rotatable bonds is 28. The van der Waals surface area contributed by atoms with Gasteiger partial charge in [0.15, 0.2) is 0 Å². The minimum Gasteiger partial charge on any atom is -0.355 e. The molecule has 10 nitrogen and oxygen atoms in total. The van der Waals surface area contributed by atoms with E-state index in [1.807, 2.05) is 18.2 Å². The Hall–Kier alpha value is -0.0300. The van der Waals surface area contributed by atoms with E-state index in [1.165, 1.54) is 0 Å². The van der Waals surface area contributed by atoms with Crippen LogP contribution < -0.4 is 32.7 Å². The summed E-state index contributed by atoms with van der Waals surface area (Å²) in [5.74, 6) is 3.63. The summed E-state index contributed by atoms with van der Waals surface area (Å²) in [6, 6.07) is 5.50. The first kappa shape index (κ1) is 51.0. The molecule has 0 spiro atoms. The van der Waals surface area contributed by atoms with Gasteiger partial charge in [0.2, 0.25) is 17.7 Å². The van der Waals surface area contributed by atoms with Gasteiger partial charge in [0.25, 0.3) is 0 Å². The maximum atomic E-state index is 13.2. The first-order chi connectivity index (χ1) is 24.1. The molecule has 1 heterocycles. The Kier molecular flexibility index (Phi) is 31.2. The molecular weight excluding hydrogens is 778 g/mol. The van der Waals surface area contributed by atoms with Crippen LogP contribution >= 0.6 is 74.0 Å². The highest BCUT2D eigenvalue weighted by atomic mass is 33.1. The van der Waals surface area contributed by atoms with E-state index in [-0.39, 0.29) is 33.0 Å². The molecule has 0 radical (unpaired) electrons. The standard InChI is InChI=1S/C30H55N6O3PS6.C4H11N/c1-23(2)9-10-25(37)33-17-20-41-42-21-18-34-26(38)11-15-32-24(12-19-43-46-30(5,40)22-31)28(39)36-16-13-29(3,4)45-44-27-8-6-7-14-35-27;1-4(2)3-5/h6-8,14,23-24,32H,9-13,15-22,31,40H2,1-5H3,(H,33,37)(H,34,38)(H,36,39);4H,3,5H2,1-2H3. The first-order valence-corrected chi connectivity index (χ1v) is 25.2. The largest absolute Gasteiger partial charge is 0.355 e. The van der Waals surface area contributed by atoms with E-state index in [2.05, 4.69) is 84.0 Å². The van der Waals surface area contributed by atoms with E-state index in [9.17, 15) is 14.4 Å². The maximum Gasteiger partial charge on any atom is 0.237 e. The number of nitrogens with two attached hydrogens (primary N) is 2. The van der Waals surface area contributed by atoms with Gasteiger partial charge in [0.05, 0.1) is 6.04 Å². The van der Waals surface area contributed by atoms with Gasteiger partial charge in [0, 0.05) is 78.3 Å². The summed E-state index contributed by atoms with van der Waals surface area (Å²) in [6.07, 6.45) is 5.05. The van der Waals surface area contributed by atoms with Gasteiger partial charge in [-0.05, 0) is 81.3 Å². The third-order valence-corrected chi connectivity index (χ3v) is 16.6. The van der Waals surface area contributed by atoms with Crippen LogP contribution in [0.3, 0.4) is 0 Å². The van der Waals surface area contributed by atoms with E-state index >= 15 is 0 Å². The molecule has 0 aromatic carbocycles. The lowest BCUT2D eigenvalue weighted by Gasteiger charge is -2.24. The second kappa shape index (κ2) is 31.2. The summed E-state index contributed by atoms with van der Waals surface area (Å²) in [4.78, 5) is 41.7. The fourth-order valence-electron chi connectivity index (χ4n) is 3.44. The second-order valence-corrected chi connectivity index (χ2v) is 23.7. The molecule has 0 aliphatic rings. The number of hydrogen-bond donors (Lipinski definition) is 6. The van der Waals surface area contributed by atoms with Gasteiger partial charge < -0.3 is 32.7 Å². The van der Waals surface area contributed by atoms with Crippen LogP contribution in [0.25, 0.3) is 0 Å². The molecule has 0 fully saturated rings. The van der Waals surface area contributed by atoms with Crippen molar-refractivity contribution in [1.82, 2.24) is 26.3 Å². The lowest BCUT2D eigenvalue weighted by Crippen LogP contribution is -2.46. The number of aromatic nitrogens is 1. The van der Waals surface area contributed by atoms with Crippen molar-refractivity contribution in [3.05, 3.63) is 24.4 Å². The predicted molar refractivity (Wildman–Crippen MR) is 237 cm³/mol. The van der Waals surface area contributed by atoms with Crippen LogP contribution in [0.4, 0.5) is 0 Å². The Morgan fingerprint density at radius 1 is 0.804 bits per heavy atom. The molecule has 0 bridgehead atoms. The van der Waals surface area contributed by atoms with Crippen LogP contribution in [0.2, 0.25) is 0 Å². The van der Waals surface area contributed by atoms with Gasteiger partial charge in [0.1, 0.15) is 5.03 Å². The fourth-order valence-corrected chi connectivity index (χ4v) is 10.4. The van der Waals surface area contributed by atoms with Crippen LogP contribution in [0.5, 0.6) is 0 Å². The number of carbonyl (C=O) groups excluding carboxylic acids is 3. The minimum absolute atomic E-state index is 0.0366. The molecule has 0 saturated heterocycles.